The van der Waals surface area contributed by atoms with E-state index in [2.05, 4.69) is 42.5 Å². The predicted octanol–water partition coefficient (Wildman–Crippen LogP) is 3.87. The number of carbonyl (C=O) groups excluding carboxylic acids is 1. The van der Waals surface area contributed by atoms with E-state index >= 15 is 0 Å². The number of hydrogen-bond acceptors (Lipinski definition) is 6. The number of alkyl halides is 3. The first kappa shape index (κ1) is 17.3. The van der Waals surface area contributed by atoms with Gasteiger partial charge in [0.15, 0.2) is 0 Å². The summed E-state index contributed by atoms with van der Waals surface area (Å²) in [6, 6.07) is 10.0. The van der Waals surface area contributed by atoms with Crippen molar-refractivity contribution in [2.45, 2.75) is 6.18 Å². The quantitative estimate of drug-likeness (QED) is 0.436. The van der Waals surface area contributed by atoms with Gasteiger partial charge in [-0.05, 0) is 52.9 Å². The monoisotopic (exact) mass is 461 g/mol. The molecule has 0 amide bonds. The number of rotatable bonds is 3. The number of halogens is 4. The SMILES string of the molecule is O=C(Oc1ncccc1-c1nnc(-c2cccc(I)c2)o1)C(F)(F)F. The largest absolute Gasteiger partial charge is 0.491 e. The van der Waals surface area contributed by atoms with Crippen LogP contribution in [-0.2, 0) is 4.79 Å². The van der Waals surface area contributed by atoms with Crippen LogP contribution in [0.2, 0.25) is 0 Å². The normalized spacial score (nSPS) is 11.4. The lowest BCUT2D eigenvalue weighted by molar-refractivity contribution is -0.189. The van der Waals surface area contributed by atoms with Crippen molar-refractivity contribution in [1.82, 2.24) is 15.2 Å². The summed E-state index contributed by atoms with van der Waals surface area (Å²) < 4.78 is 47.8. The van der Waals surface area contributed by atoms with Crippen molar-refractivity contribution in [1.29, 1.82) is 0 Å². The third-order valence-electron chi connectivity index (χ3n) is 2.92. The number of aromatic nitrogens is 3. The predicted molar refractivity (Wildman–Crippen MR) is 87.4 cm³/mol. The summed E-state index contributed by atoms with van der Waals surface area (Å²) in [5, 5.41) is 7.65. The average Bonchev–Trinajstić information content (AvgIpc) is 3.04. The van der Waals surface area contributed by atoms with Gasteiger partial charge in [0.1, 0.15) is 5.56 Å². The van der Waals surface area contributed by atoms with Crippen molar-refractivity contribution < 1.29 is 27.1 Å². The Morgan fingerprint density at radius 2 is 1.88 bits per heavy atom. The van der Waals surface area contributed by atoms with Crippen LogP contribution >= 0.6 is 22.6 Å². The maximum Gasteiger partial charge on any atom is 0.491 e. The zero-order valence-electron chi connectivity index (χ0n) is 12.1. The molecule has 0 spiro atoms. The topological polar surface area (TPSA) is 78.1 Å². The molecule has 0 aliphatic carbocycles. The molecule has 1 aromatic carbocycles. The van der Waals surface area contributed by atoms with Crippen molar-refractivity contribution in [2.75, 3.05) is 0 Å². The second-order valence-corrected chi connectivity index (χ2v) is 5.91. The molecule has 0 saturated heterocycles. The summed E-state index contributed by atoms with van der Waals surface area (Å²) >= 11 is 2.11. The van der Waals surface area contributed by atoms with Gasteiger partial charge in [0, 0.05) is 15.3 Å². The van der Waals surface area contributed by atoms with Crippen LogP contribution in [-0.4, -0.2) is 27.3 Å². The maximum atomic E-state index is 12.4. The van der Waals surface area contributed by atoms with E-state index in [1.165, 1.54) is 18.3 Å². The highest BCUT2D eigenvalue weighted by Crippen LogP contribution is 2.31. The fraction of sp³-hybridized carbons (Fsp3) is 0.0667. The van der Waals surface area contributed by atoms with Crippen molar-refractivity contribution >= 4 is 28.6 Å². The van der Waals surface area contributed by atoms with Crippen LogP contribution in [0, 0.1) is 3.57 Å². The molecule has 0 fully saturated rings. The summed E-state index contributed by atoms with van der Waals surface area (Å²) in [5.41, 5.74) is 0.618. The van der Waals surface area contributed by atoms with Crippen molar-refractivity contribution in [2.24, 2.45) is 0 Å². The van der Waals surface area contributed by atoms with Gasteiger partial charge in [0.05, 0.1) is 0 Å². The molecule has 25 heavy (non-hydrogen) atoms. The van der Waals surface area contributed by atoms with Crippen molar-refractivity contribution in [3.8, 4) is 28.8 Å². The molecular weight excluding hydrogens is 454 g/mol. The van der Waals surface area contributed by atoms with E-state index in [1.807, 2.05) is 6.07 Å². The molecule has 0 radical (unpaired) electrons. The van der Waals surface area contributed by atoms with Crippen LogP contribution in [0.3, 0.4) is 0 Å². The second-order valence-electron chi connectivity index (χ2n) is 4.67. The van der Waals surface area contributed by atoms with Crippen molar-refractivity contribution in [3.63, 3.8) is 0 Å². The molecule has 6 nitrogen and oxygen atoms in total. The van der Waals surface area contributed by atoms with Gasteiger partial charge >= 0.3 is 12.1 Å². The minimum atomic E-state index is -5.14. The number of hydrogen-bond donors (Lipinski definition) is 0. The molecule has 2 aromatic heterocycles. The molecule has 3 aromatic rings. The van der Waals surface area contributed by atoms with E-state index in [-0.39, 0.29) is 17.3 Å². The van der Waals surface area contributed by atoms with Crippen LogP contribution in [0.25, 0.3) is 22.9 Å². The van der Waals surface area contributed by atoms with E-state index in [1.54, 1.807) is 18.2 Å². The minimum absolute atomic E-state index is 0.0236. The van der Waals surface area contributed by atoms with Gasteiger partial charge in [-0.2, -0.15) is 13.2 Å². The Morgan fingerprint density at radius 3 is 2.60 bits per heavy atom. The van der Waals surface area contributed by atoms with Crippen LogP contribution < -0.4 is 4.74 Å². The van der Waals surface area contributed by atoms with Gasteiger partial charge < -0.3 is 9.15 Å². The molecular formula is C15H7F3IN3O3. The lowest BCUT2D eigenvalue weighted by Crippen LogP contribution is -2.28. The van der Waals surface area contributed by atoms with Crippen LogP contribution in [0.15, 0.2) is 47.0 Å². The number of ether oxygens (including phenoxy) is 1. The number of pyridine rings is 1. The number of esters is 1. The standard InChI is InChI=1S/C15H7F3IN3O3/c16-15(17,18)14(23)25-12-10(5-2-6-20-12)13-22-21-11(24-13)8-3-1-4-9(19)7-8/h1-7H. The number of benzene rings is 1. The van der Waals surface area contributed by atoms with Gasteiger partial charge in [0.2, 0.25) is 11.8 Å². The van der Waals surface area contributed by atoms with Gasteiger partial charge in [-0.1, -0.05) is 6.07 Å². The summed E-state index contributed by atoms with van der Waals surface area (Å²) in [7, 11) is 0. The van der Waals surface area contributed by atoms with E-state index in [0.717, 1.165) is 3.57 Å². The minimum Gasteiger partial charge on any atom is -0.416 e. The lowest BCUT2D eigenvalue weighted by Gasteiger charge is -2.07. The van der Waals surface area contributed by atoms with Gasteiger partial charge in [0.25, 0.3) is 5.89 Å². The Morgan fingerprint density at radius 1 is 1.12 bits per heavy atom. The smallest absolute Gasteiger partial charge is 0.416 e. The summed E-state index contributed by atoms with van der Waals surface area (Å²) in [6.45, 7) is 0. The van der Waals surface area contributed by atoms with Crippen LogP contribution in [0.4, 0.5) is 13.2 Å². The summed E-state index contributed by atoms with van der Waals surface area (Å²) in [5.74, 6) is -2.90. The first-order valence-electron chi connectivity index (χ1n) is 6.68. The van der Waals surface area contributed by atoms with Crippen molar-refractivity contribution in [3.05, 3.63) is 46.2 Å². The Bertz CT molecular complexity index is 927. The molecule has 0 unspecified atom stereocenters. The highest BCUT2D eigenvalue weighted by Gasteiger charge is 2.42. The zero-order valence-corrected chi connectivity index (χ0v) is 14.3. The maximum absolute atomic E-state index is 12.4. The average molecular weight is 461 g/mol. The molecule has 0 bridgehead atoms. The molecule has 0 saturated carbocycles. The third kappa shape index (κ3) is 3.95. The van der Waals surface area contributed by atoms with Gasteiger partial charge in [-0.15, -0.1) is 10.2 Å². The first-order chi connectivity index (χ1) is 11.8. The van der Waals surface area contributed by atoms with Crippen LogP contribution in [0.1, 0.15) is 0 Å². The molecule has 0 aliphatic heterocycles. The number of carbonyl (C=O) groups is 1. The highest BCUT2D eigenvalue weighted by atomic mass is 127. The molecule has 0 atom stereocenters. The van der Waals surface area contributed by atoms with Crippen LogP contribution in [0.5, 0.6) is 5.88 Å². The fourth-order valence-corrected chi connectivity index (χ4v) is 2.39. The molecule has 0 N–H and O–H groups in total. The first-order valence-corrected chi connectivity index (χ1v) is 7.76. The van der Waals surface area contributed by atoms with E-state index in [0.29, 0.717) is 5.56 Å². The molecule has 2 heterocycles. The number of nitrogens with zero attached hydrogens (tertiary/aromatic N) is 3. The van der Waals surface area contributed by atoms with Gasteiger partial charge in [-0.25, -0.2) is 9.78 Å². The summed E-state index contributed by atoms with van der Waals surface area (Å²) in [6.07, 6.45) is -3.96. The van der Waals surface area contributed by atoms with E-state index < -0.39 is 18.0 Å². The molecule has 128 valence electrons. The van der Waals surface area contributed by atoms with E-state index in [4.69, 9.17) is 4.42 Å². The molecule has 10 heteroatoms. The molecule has 3 rings (SSSR count). The Balaban J connectivity index is 1.94. The third-order valence-corrected chi connectivity index (χ3v) is 3.59. The second kappa shape index (κ2) is 6.78. The Hall–Kier alpha value is -2.50. The Labute approximate surface area is 152 Å². The van der Waals surface area contributed by atoms with E-state index in [9.17, 15) is 18.0 Å². The highest BCUT2D eigenvalue weighted by molar-refractivity contribution is 14.1. The lowest BCUT2D eigenvalue weighted by atomic mass is 10.2. The summed E-state index contributed by atoms with van der Waals surface area (Å²) in [4.78, 5) is 14.7. The zero-order chi connectivity index (χ0) is 18.0. The molecule has 0 aliphatic rings. The fourth-order valence-electron chi connectivity index (χ4n) is 1.85. The Kier molecular flexibility index (Phi) is 4.70. The van der Waals surface area contributed by atoms with Gasteiger partial charge in [-0.3, -0.25) is 0 Å².